The van der Waals surface area contributed by atoms with Crippen LogP contribution in [0.2, 0.25) is 0 Å². The van der Waals surface area contributed by atoms with Gasteiger partial charge in [0.15, 0.2) is 0 Å². The van der Waals surface area contributed by atoms with E-state index in [2.05, 4.69) is 19.1 Å². The van der Waals surface area contributed by atoms with Gasteiger partial charge in [0.25, 0.3) is 0 Å². The summed E-state index contributed by atoms with van der Waals surface area (Å²) in [6.45, 7) is 4.03. The molecule has 1 aromatic carbocycles. The van der Waals surface area contributed by atoms with Crippen molar-refractivity contribution in [3.05, 3.63) is 29.8 Å². The minimum atomic E-state index is -0.360. The van der Waals surface area contributed by atoms with Crippen LogP contribution in [0.4, 0.5) is 0 Å². The van der Waals surface area contributed by atoms with E-state index in [1.54, 1.807) is 6.92 Å². The van der Waals surface area contributed by atoms with Gasteiger partial charge in [0.05, 0.1) is 6.10 Å². The first-order chi connectivity index (χ1) is 7.24. The van der Waals surface area contributed by atoms with Crippen LogP contribution in [-0.4, -0.2) is 10.9 Å². The van der Waals surface area contributed by atoms with Gasteiger partial charge in [-0.2, -0.15) is 0 Å². The standard InChI is InChI=1S/C13H20OS/c1-3-4-5-9-15-13-8-6-7-12(10-13)11(2)14/h6-8,10-11,14H,3-5,9H2,1-2H3. The largest absolute Gasteiger partial charge is 0.389 e. The molecule has 0 saturated heterocycles. The van der Waals surface area contributed by atoms with E-state index in [4.69, 9.17) is 0 Å². The van der Waals surface area contributed by atoms with Crippen molar-refractivity contribution in [2.75, 3.05) is 5.75 Å². The second-order valence-corrected chi connectivity index (χ2v) is 4.97. The Bertz CT molecular complexity index is 284. The number of aliphatic hydroxyl groups is 1. The first-order valence-electron chi connectivity index (χ1n) is 5.65. The summed E-state index contributed by atoms with van der Waals surface area (Å²) in [5.41, 5.74) is 1.01. The van der Waals surface area contributed by atoms with Crippen LogP contribution < -0.4 is 0 Å². The lowest BCUT2D eigenvalue weighted by molar-refractivity contribution is 0.199. The predicted octanol–water partition coefficient (Wildman–Crippen LogP) is 4.02. The third-order valence-electron chi connectivity index (χ3n) is 2.36. The van der Waals surface area contributed by atoms with Gasteiger partial charge in [0.2, 0.25) is 0 Å². The van der Waals surface area contributed by atoms with Crippen LogP contribution >= 0.6 is 11.8 Å². The lowest BCUT2D eigenvalue weighted by atomic mass is 10.1. The Morgan fingerprint density at radius 3 is 2.80 bits per heavy atom. The Hall–Kier alpha value is -0.470. The highest BCUT2D eigenvalue weighted by Crippen LogP contribution is 2.23. The summed E-state index contributed by atoms with van der Waals surface area (Å²) in [5, 5.41) is 9.45. The highest BCUT2D eigenvalue weighted by molar-refractivity contribution is 7.99. The first kappa shape index (κ1) is 12.6. The molecular formula is C13H20OS. The number of rotatable bonds is 6. The molecule has 0 bridgehead atoms. The fraction of sp³-hybridized carbons (Fsp3) is 0.538. The van der Waals surface area contributed by atoms with E-state index in [0.29, 0.717) is 0 Å². The molecule has 1 atom stereocenters. The average molecular weight is 224 g/mol. The molecule has 0 amide bonds. The molecule has 2 heteroatoms. The zero-order valence-corrected chi connectivity index (χ0v) is 10.4. The Morgan fingerprint density at radius 1 is 1.33 bits per heavy atom. The lowest BCUT2D eigenvalue weighted by Gasteiger charge is -2.07. The van der Waals surface area contributed by atoms with Crippen LogP contribution in [-0.2, 0) is 0 Å². The number of benzene rings is 1. The molecule has 0 saturated carbocycles. The molecule has 0 aliphatic heterocycles. The molecule has 15 heavy (non-hydrogen) atoms. The van der Waals surface area contributed by atoms with Crippen LogP contribution in [0, 0.1) is 0 Å². The summed E-state index contributed by atoms with van der Waals surface area (Å²) in [7, 11) is 0. The van der Waals surface area contributed by atoms with Gasteiger partial charge < -0.3 is 5.11 Å². The predicted molar refractivity (Wildman–Crippen MR) is 67.3 cm³/mol. The summed E-state index contributed by atoms with van der Waals surface area (Å²) in [6.07, 6.45) is 3.50. The SMILES string of the molecule is CCCCCSc1cccc(C(C)O)c1. The van der Waals surface area contributed by atoms with E-state index < -0.39 is 0 Å². The van der Waals surface area contributed by atoms with Crippen LogP contribution in [0.5, 0.6) is 0 Å². The Kier molecular flexibility index (Phi) is 5.81. The van der Waals surface area contributed by atoms with Crippen LogP contribution in [0.15, 0.2) is 29.2 Å². The van der Waals surface area contributed by atoms with Crippen molar-refractivity contribution in [1.29, 1.82) is 0 Å². The van der Waals surface area contributed by atoms with Gasteiger partial charge in [-0.3, -0.25) is 0 Å². The fourth-order valence-corrected chi connectivity index (χ4v) is 2.38. The smallest absolute Gasteiger partial charge is 0.0762 e. The third kappa shape index (κ3) is 4.72. The highest BCUT2D eigenvalue weighted by atomic mass is 32.2. The topological polar surface area (TPSA) is 20.2 Å². The molecule has 0 radical (unpaired) electrons. The molecule has 0 aliphatic carbocycles. The first-order valence-corrected chi connectivity index (χ1v) is 6.63. The normalized spacial score (nSPS) is 12.7. The maximum Gasteiger partial charge on any atom is 0.0762 e. The Morgan fingerprint density at radius 2 is 2.13 bits per heavy atom. The third-order valence-corrected chi connectivity index (χ3v) is 3.44. The highest BCUT2D eigenvalue weighted by Gasteiger charge is 2.01. The lowest BCUT2D eigenvalue weighted by Crippen LogP contribution is -1.90. The Labute approximate surface area is 96.9 Å². The summed E-state index contributed by atoms with van der Waals surface area (Å²) in [6, 6.07) is 8.19. The van der Waals surface area contributed by atoms with Crippen molar-refractivity contribution in [3.63, 3.8) is 0 Å². The molecule has 1 unspecified atom stereocenters. The number of unbranched alkanes of at least 4 members (excludes halogenated alkanes) is 2. The van der Waals surface area contributed by atoms with E-state index in [9.17, 15) is 5.11 Å². The minimum absolute atomic E-state index is 0.360. The van der Waals surface area contributed by atoms with Crippen molar-refractivity contribution < 1.29 is 5.11 Å². The second kappa shape index (κ2) is 6.91. The number of thioether (sulfide) groups is 1. The van der Waals surface area contributed by atoms with E-state index in [1.807, 2.05) is 23.9 Å². The number of hydrogen-bond donors (Lipinski definition) is 1. The quantitative estimate of drug-likeness (QED) is 0.581. The van der Waals surface area contributed by atoms with E-state index in [-0.39, 0.29) is 6.10 Å². The van der Waals surface area contributed by atoms with Gasteiger partial charge in [-0.15, -0.1) is 11.8 Å². The van der Waals surface area contributed by atoms with Crippen LogP contribution in [0.25, 0.3) is 0 Å². The molecule has 0 spiro atoms. The molecule has 0 aromatic heterocycles. The van der Waals surface area contributed by atoms with Gasteiger partial charge in [-0.1, -0.05) is 31.9 Å². The minimum Gasteiger partial charge on any atom is -0.389 e. The second-order valence-electron chi connectivity index (χ2n) is 3.80. The van der Waals surface area contributed by atoms with E-state index >= 15 is 0 Å². The van der Waals surface area contributed by atoms with Gasteiger partial charge in [0, 0.05) is 4.90 Å². The fourth-order valence-electron chi connectivity index (χ4n) is 1.41. The molecule has 1 rings (SSSR count). The monoisotopic (exact) mass is 224 g/mol. The van der Waals surface area contributed by atoms with Crippen molar-refractivity contribution in [2.45, 2.75) is 44.1 Å². The van der Waals surface area contributed by atoms with E-state index in [0.717, 1.165) is 5.56 Å². The van der Waals surface area contributed by atoms with Gasteiger partial charge >= 0.3 is 0 Å². The summed E-state index contributed by atoms with van der Waals surface area (Å²) < 4.78 is 0. The molecule has 1 aromatic rings. The van der Waals surface area contributed by atoms with Gasteiger partial charge in [-0.25, -0.2) is 0 Å². The molecule has 1 N–H and O–H groups in total. The molecule has 0 heterocycles. The summed E-state index contributed by atoms with van der Waals surface area (Å²) in [4.78, 5) is 1.27. The molecule has 0 fully saturated rings. The van der Waals surface area contributed by atoms with Crippen LogP contribution in [0.3, 0.4) is 0 Å². The zero-order valence-electron chi connectivity index (χ0n) is 9.57. The van der Waals surface area contributed by atoms with Crippen molar-refractivity contribution >= 4 is 11.8 Å². The van der Waals surface area contributed by atoms with E-state index in [1.165, 1.54) is 29.9 Å². The zero-order chi connectivity index (χ0) is 11.1. The molecule has 84 valence electrons. The van der Waals surface area contributed by atoms with Crippen molar-refractivity contribution in [3.8, 4) is 0 Å². The average Bonchev–Trinajstić information content (AvgIpc) is 2.25. The molecule has 0 aliphatic rings. The number of aliphatic hydroxyl groups excluding tert-OH is 1. The molecular weight excluding hydrogens is 204 g/mol. The number of hydrogen-bond acceptors (Lipinski definition) is 2. The van der Waals surface area contributed by atoms with Crippen molar-refractivity contribution in [1.82, 2.24) is 0 Å². The van der Waals surface area contributed by atoms with Gasteiger partial charge in [-0.05, 0) is 36.8 Å². The molecule has 1 nitrogen and oxygen atoms in total. The van der Waals surface area contributed by atoms with Crippen molar-refractivity contribution in [2.24, 2.45) is 0 Å². The summed E-state index contributed by atoms with van der Waals surface area (Å²) >= 11 is 1.88. The summed E-state index contributed by atoms with van der Waals surface area (Å²) in [5.74, 6) is 1.18. The van der Waals surface area contributed by atoms with Gasteiger partial charge in [0.1, 0.15) is 0 Å². The Balaban J connectivity index is 2.43. The maximum atomic E-state index is 9.45. The maximum absolute atomic E-state index is 9.45. The van der Waals surface area contributed by atoms with Crippen LogP contribution in [0.1, 0.15) is 44.8 Å².